The molecule has 0 aromatic rings. The number of rotatable bonds is 0. The molecule has 1 unspecified atom stereocenters. The molecule has 4 nitrogen and oxygen atoms in total. The first kappa shape index (κ1) is 9.93. The van der Waals surface area contributed by atoms with Crippen molar-refractivity contribution in [2.45, 2.75) is 31.3 Å². The minimum atomic E-state index is 0.0156. The SMILES string of the molecule is CC1C(=O)NCC2(CCNCC2)N1C. The number of carbonyl (C=O) groups is 1. The first-order valence-corrected chi connectivity index (χ1v) is 5.37. The van der Waals surface area contributed by atoms with Crippen LogP contribution < -0.4 is 10.6 Å². The van der Waals surface area contributed by atoms with Crippen molar-refractivity contribution >= 4 is 5.91 Å². The van der Waals surface area contributed by atoms with Crippen LogP contribution in [0.4, 0.5) is 0 Å². The molecule has 0 aliphatic carbocycles. The average Bonchev–Trinajstić information content (AvgIpc) is 2.23. The zero-order valence-electron chi connectivity index (χ0n) is 8.97. The topological polar surface area (TPSA) is 44.4 Å². The molecule has 1 spiro atoms. The Bertz CT molecular complexity index is 236. The van der Waals surface area contributed by atoms with Crippen LogP contribution in [0.5, 0.6) is 0 Å². The van der Waals surface area contributed by atoms with E-state index in [2.05, 4.69) is 22.6 Å². The van der Waals surface area contributed by atoms with Gasteiger partial charge < -0.3 is 10.6 Å². The number of piperazine rings is 1. The molecule has 4 heteroatoms. The molecule has 80 valence electrons. The van der Waals surface area contributed by atoms with Gasteiger partial charge in [-0.05, 0) is 39.9 Å². The molecule has 2 aliphatic rings. The normalized spacial score (nSPS) is 33.0. The fraction of sp³-hybridized carbons (Fsp3) is 0.900. The molecule has 0 bridgehead atoms. The Morgan fingerprint density at radius 2 is 2.07 bits per heavy atom. The molecule has 1 atom stereocenters. The van der Waals surface area contributed by atoms with Gasteiger partial charge in [-0.25, -0.2) is 0 Å². The Morgan fingerprint density at radius 1 is 1.43 bits per heavy atom. The van der Waals surface area contributed by atoms with E-state index in [0.29, 0.717) is 0 Å². The first-order valence-electron chi connectivity index (χ1n) is 5.37. The molecule has 0 aromatic carbocycles. The molecule has 2 N–H and O–H groups in total. The van der Waals surface area contributed by atoms with E-state index in [9.17, 15) is 4.79 Å². The Morgan fingerprint density at radius 3 is 2.71 bits per heavy atom. The van der Waals surface area contributed by atoms with Crippen molar-refractivity contribution in [2.24, 2.45) is 0 Å². The fourth-order valence-electron chi connectivity index (χ4n) is 2.53. The van der Waals surface area contributed by atoms with Gasteiger partial charge in [0, 0.05) is 12.1 Å². The lowest BCUT2D eigenvalue weighted by molar-refractivity contribution is -0.134. The molecule has 2 saturated heterocycles. The monoisotopic (exact) mass is 197 g/mol. The van der Waals surface area contributed by atoms with E-state index in [1.165, 1.54) is 0 Å². The minimum absolute atomic E-state index is 0.0156. The number of likely N-dealkylation sites (N-methyl/N-ethyl adjacent to an activating group) is 1. The summed E-state index contributed by atoms with van der Waals surface area (Å²) in [7, 11) is 2.08. The summed E-state index contributed by atoms with van der Waals surface area (Å²) in [5, 5.41) is 6.38. The summed E-state index contributed by atoms with van der Waals surface area (Å²) in [6.07, 6.45) is 2.27. The second-order valence-corrected chi connectivity index (χ2v) is 4.48. The van der Waals surface area contributed by atoms with Crippen LogP contribution in [-0.4, -0.2) is 49.1 Å². The predicted octanol–water partition coefficient (Wildman–Crippen LogP) is -0.441. The molecule has 0 saturated carbocycles. The van der Waals surface area contributed by atoms with Crippen molar-refractivity contribution in [1.29, 1.82) is 0 Å². The largest absolute Gasteiger partial charge is 0.353 e. The number of carbonyl (C=O) groups excluding carboxylic acids is 1. The Hall–Kier alpha value is -0.610. The highest BCUT2D eigenvalue weighted by atomic mass is 16.2. The second-order valence-electron chi connectivity index (χ2n) is 4.48. The van der Waals surface area contributed by atoms with Crippen LogP contribution in [0.15, 0.2) is 0 Å². The maximum Gasteiger partial charge on any atom is 0.237 e. The van der Waals surface area contributed by atoms with Crippen LogP contribution in [0.1, 0.15) is 19.8 Å². The summed E-state index contributed by atoms with van der Waals surface area (Å²) < 4.78 is 0. The van der Waals surface area contributed by atoms with E-state index >= 15 is 0 Å². The lowest BCUT2D eigenvalue weighted by Crippen LogP contribution is -2.68. The van der Waals surface area contributed by atoms with Gasteiger partial charge in [0.05, 0.1) is 6.04 Å². The Labute approximate surface area is 85.0 Å². The number of nitrogens with zero attached hydrogens (tertiary/aromatic N) is 1. The fourth-order valence-corrected chi connectivity index (χ4v) is 2.53. The Kier molecular flexibility index (Phi) is 2.49. The van der Waals surface area contributed by atoms with Gasteiger partial charge in [0.25, 0.3) is 0 Å². The van der Waals surface area contributed by atoms with Crippen molar-refractivity contribution in [1.82, 2.24) is 15.5 Å². The molecule has 14 heavy (non-hydrogen) atoms. The van der Waals surface area contributed by atoms with Gasteiger partial charge in [-0.3, -0.25) is 9.69 Å². The standard InChI is InChI=1S/C10H19N3O/c1-8-9(14)12-7-10(13(8)2)3-5-11-6-4-10/h8,11H,3-7H2,1-2H3,(H,12,14). The maximum absolute atomic E-state index is 11.5. The molecule has 2 heterocycles. The number of amides is 1. The van der Waals surface area contributed by atoms with Gasteiger partial charge in [0.1, 0.15) is 0 Å². The molecular formula is C10H19N3O. The lowest BCUT2D eigenvalue weighted by Gasteiger charge is -2.50. The van der Waals surface area contributed by atoms with Crippen LogP contribution in [-0.2, 0) is 4.79 Å². The third-order valence-electron chi connectivity index (χ3n) is 3.83. The lowest BCUT2D eigenvalue weighted by atomic mass is 9.83. The summed E-state index contributed by atoms with van der Waals surface area (Å²) in [5.41, 5.74) is 0.207. The second kappa shape index (κ2) is 3.51. The van der Waals surface area contributed by atoms with Crippen molar-refractivity contribution in [3.05, 3.63) is 0 Å². The van der Waals surface area contributed by atoms with E-state index in [1.807, 2.05) is 6.92 Å². The van der Waals surface area contributed by atoms with Gasteiger partial charge in [-0.1, -0.05) is 0 Å². The molecule has 0 aromatic heterocycles. The minimum Gasteiger partial charge on any atom is -0.353 e. The zero-order chi connectivity index (χ0) is 10.2. The highest BCUT2D eigenvalue weighted by Crippen LogP contribution is 2.28. The zero-order valence-corrected chi connectivity index (χ0v) is 8.97. The number of hydrogen-bond donors (Lipinski definition) is 2. The number of piperidine rings is 1. The van der Waals surface area contributed by atoms with Gasteiger partial charge in [0.2, 0.25) is 5.91 Å². The van der Waals surface area contributed by atoms with Crippen molar-refractivity contribution < 1.29 is 4.79 Å². The molecule has 0 radical (unpaired) electrons. The molecule has 2 fully saturated rings. The van der Waals surface area contributed by atoms with E-state index in [0.717, 1.165) is 32.5 Å². The van der Waals surface area contributed by atoms with E-state index < -0.39 is 0 Å². The van der Waals surface area contributed by atoms with Gasteiger partial charge in [0.15, 0.2) is 0 Å². The maximum atomic E-state index is 11.5. The Balaban J connectivity index is 2.14. The molecule has 1 amide bonds. The quantitative estimate of drug-likeness (QED) is 0.553. The third-order valence-corrected chi connectivity index (χ3v) is 3.83. The summed E-state index contributed by atoms with van der Waals surface area (Å²) in [4.78, 5) is 13.7. The molecular weight excluding hydrogens is 178 g/mol. The van der Waals surface area contributed by atoms with Crippen LogP contribution >= 0.6 is 0 Å². The van der Waals surface area contributed by atoms with Crippen LogP contribution in [0.25, 0.3) is 0 Å². The van der Waals surface area contributed by atoms with Crippen molar-refractivity contribution in [3.8, 4) is 0 Å². The number of nitrogens with one attached hydrogen (secondary N) is 2. The van der Waals surface area contributed by atoms with Crippen LogP contribution in [0.2, 0.25) is 0 Å². The van der Waals surface area contributed by atoms with E-state index in [1.54, 1.807) is 0 Å². The van der Waals surface area contributed by atoms with Crippen LogP contribution in [0.3, 0.4) is 0 Å². The third kappa shape index (κ3) is 1.42. The predicted molar refractivity (Wildman–Crippen MR) is 55.1 cm³/mol. The van der Waals surface area contributed by atoms with Gasteiger partial charge in [-0.2, -0.15) is 0 Å². The summed E-state index contributed by atoms with van der Waals surface area (Å²) in [6.45, 7) is 4.92. The van der Waals surface area contributed by atoms with E-state index in [4.69, 9.17) is 0 Å². The summed E-state index contributed by atoms with van der Waals surface area (Å²) >= 11 is 0. The van der Waals surface area contributed by atoms with Gasteiger partial charge >= 0.3 is 0 Å². The number of hydrogen-bond acceptors (Lipinski definition) is 3. The average molecular weight is 197 g/mol. The molecule has 2 aliphatic heterocycles. The highest BCUT2D eigenvalue weighted by molar-refractivity contribution is 5.82. The highest BCUT2D eigenvalue weighted by Gasteiger charge is 2.43. The summed E-state index contributed by atoms with van der Waals surface area (Å²) in [6, 6.07) is 0.0156. The smallest absolute Gasteiger partial charge is 0.237 e. The van der Waals surface area contributed by atoms with Gasteiger partial charge in [-0.15, -0.1) is 0 Å². The van der Waals surface area contributed by atoms with Crippen molar-refractivity contribution in [3.63, 3.8) is 0 Å². The van der Waals surface area contributed by atoms with E-state index in [-0.39, 0.29) is 17.5 Å². The van der Waals surface area contributed by atoms with Crippen molar-refractivity contribution in [2.75, 3.05) is 26.7 Å². The molecule has 2 rings (SSSR count). The summed E-state index contributed by atoms with van der Waals surface area (Å²) in [5.74, 6) is 0.164. The van der Waals surface area contributed by atoms with Crippen LogP contribution in [0, 0.1) is 0 Å². The first-order chi connectivity index (χ1) is 6.66.